The molecule has 4 aliphatic carbocycles. The van der Waals surface area contributed by atoms with Crippen molar-refractivity contribution < 1.29 is 23.8 Å². The second-order valence-corrected chi connectivity index (χ2v) is 8.77. The van der Waals surface area contributed by atoms with E-state index in [4.69, 9.17) is 4.74 Å². The summed E-state index contributed by atoms with van der Waals surface area (Å²) in [6, 6.07) is 6.13. The molecule has 0 spiro atoms. The lowest BCUT2D eigenvalue weighted by Gasteiger charge is -2.58. The van der Waals surface area contributed by atoms with Crippen molar-refractivity contribution in [2.24, 2.45) is 17.3 Å². The third kappa shape index (κ3) is 3.86. The first-order valence-electron chi connectivity index (χ1n) is 9.77. The number of esters is 1. The van der Waals surface area contributed by atoms with Gasteiger partial charge in [-0.25, -0.2) is 4.39 Å². The molecule has 0 heterocycles. The van der Waals surface area contributed by atoms with E-state index >= 15 is 0 Å². The standard InChI is InChI=1S/C21H26FNO4/c22-17-3-1-14(2-4-17)5-6-23-18(24)12-27-19(25)20-8-15-7-16(9-20)11-21(26,10-15)13-20/h1-4,15-16,26H,5-13H2,(H,23,24)/t15-,16-,20?,21?/m1/s1. The summed E-state index contributed by atoms with van der Waals surface area (Å²) in [6.45, 7) is 0.106. The Morgan fingerprint density at radius 2 is 1.81 bits per heavy atom. The molecular weight excluding hydrogens is 349 g/mol. The average molecular weight is 375 g/mol. The number of carbonyl (C=O) groups excluding carboxylic acids is 2. The molecule has 2 N–H and O–H groups in total. The fraction of sp³-hybridized carbons (Fsp3) is 0.619. The molecule has 1 aromatic carbocycles. The smallest absolute Gasteiger partial charge is 0.312 e. The third-order valence-corrected chi connectivity index (χ3v) is 6.45. The van der Waals surface area contributed by atoms with Crippen molar-refractivity contribution in [2.45, 2.75) is 50.5 Å². The van der Waals surface area contributed by atoms with Crippen molar-refractivity contribution in [1.82, 2.24) is 5.32 Å². The van der Waals surface area contributed by atoms with Crippen molar-refractivity contribution in [3.8, 4) is 0 Å². The number of hydrogen-bond acceptors (Lipinski definition) is 4. The molecule has 2 atom stereocenters. The SMILES string of the molecule is O=C(COC(=O)C12C[C@H]3C[C@@H](CC(O)(C3)C1)C2)NCCc1ccc(F)cc1. The van der Waals surface area contributed by atoms with E-state index in [9.17, 15) is 19.1 Å². The molecule has 1 amide bonds. The van der Waals surface area contributed by atoms with Crippen molar-refractivity contribution in [3.05, 3.63) is 35.6 Å². The Balaban J connectivity index is 1.24. The van der Waals surface area contributed by atoms with Crippen LogP contribution < -0.4 is 5.32 Å². The second-order valence-electron chi connectivity index (χ2n) is 8.77. The minimum absolute atomic E-state index is 0.288. The molecule has 0 unspecified atom stereocenters. The predicted molar refractivity (Wildman–Crippen MR) is 96.1 cm³/mol. The summed E-state index contributed by atoms with van der Waals surface area (Å²) in [4.78, 5) is 24.7. The van der Waals surface area contributed by atoms with Crippen LogP contribution in [0, 0.1) is 23.1 Å². The maximum absolute atomic E-state index is 12.9. The van der Waals surface area contributed by atoms with Crippen LogP contribution in [0.15, 0.2) is 24.3 Å². The summed E-state index contributed by atoms with van der Waals surface area (Å²) >= 11 is 0. The summed E-state index contributed by atoms with van der Waals surface area (Å²) in [5.74, 6) is -0.164. The summed E-state index contributed by atoms with van der Waals surface area (Å²) in [6.07, 6.45) is 5.29. The summed E-state index contributed by atoms with van der Waals surface area (Å²) in [7, 11) is 0. The molecule has 4 saturated carbocycles. The van der Waals surface area contributed by atoms with Crippen LogP contribution in [0.2, 0.25) is 0 Å². The number of benzene rings is 1. The molecule has 146 valence electrons. The van der Waals surface area contributed by atoms with Gasteiger partial charge in [-0.3, -0.25) is 9.59 Å². The Kier molecular flexibility index (Phi) is 4.70. The van der Waals surface area contributed by atoms with Crippen LogP contribution in [-0.4, -0.2) is 35.7 Å². The highest BCUT2D eigenvalue weighted by Gasteiger charge is 2.60. The zero-order valence-corrected chi connectivity index (χ0v) is 15.4. The molecule has 6 heteroatoms. The van der Waals surface area contributed by atoms with E-state index in [0.29, 0.717) is 31.2 Å². The van der Waals surface area contributed by atoms with Gasteiger partial charge in [0.2, 0.25) is 0 Å². The Morgan fingerprint density at radius 3 is 2.44 bits per heavy atom. The second kappa shape index (κ2) is 6.89. The van der Waals surface area contributed by atoms with Gasteiger partial charge in [0.1, 0.15) is 5.82 Å². The van der Waals surface area contributed by atoms with Gasteiger partial charge in [-0.15, -0.1) is 0 Å². The van der Waals surface area contributed by atoms with Crippen LogP contribution in [0.4, 0.5) is 4.39 Å². The molecule has 0 aliphatic heterocycles. The largest absolute Gasteiger partial charge is 0.455 e. The van der Waals surface area contributed by atoms with Crippen LogP contribution in [0.5, 0.6) is 0 Å². The van der Waals surface area contributed by atoms with Crippen LogP contribution in [0.3, 0.4) is 0 Å². The van der Waals surface area contributed by atoms with Gasteiger partial charge >= 0.3 is 5.97 Å². The lowest BCUT2D eigenvalue weighted by atomic mass is 9.48. The predicted octanol–water partition coefficient (Wildman–Crippen LogP) is 2.36. The highest BCUT2D eigenvalue weighted by Crippen LogP contribution is 2.61. The number of ether oxygens (including phenoxy) is 1. The van der Waals surface area contributed by atoms with Gasteiger partial charge in [-0.05, 0) is 74.5 Å². The number of hydrogen-bond donors (Lipinski definition) is 2. The lowest BCUT2D eigenvalue weighted by molar-refractivity contribution is -0.196. The number of rotatable bonds is 6. The molecular formula is C21H26FNO4. The zero-order valence-electron chi connectivity index (χ0n) is 15.4. The summed E-state index contributed by atoms with van der Waals surface area (Å²) < 4.78 is 18.2. The van der Waals surface area contributed by atoms with E-state index in [0.717, 1.165) is 37.7 Å². The van der Waals surface area contributed by atoms with Crippen molar-refractivity contribution >= 4 is 11.9 Å². The highest BCUT2D eigenvalue weighted by molar-refractivity contribution is 5.83. The molecule has 4 aliphatic rings. The normalized spacial score (nSPS) is 33.7. The molecule has 0 radical (unpaired) electrons. The maximum Gasteiger partial charge on any atom is 0.312 e. The highest BCUT2D eigenvalue weighted by atomic mass is 19.1. The minimum atomic E-state index is -0.722. The van der Waals surface area contributed by atoms with Crippen molar-refractivity contribution in [3.63, 3.8) is 0 Å². The van der Waals surface area contributed by atoms with Gasteiger partial charge in [0.25, 0.3) is 5.91 Å². The van der Waals surface area contributed by atoms with Crippen LogP contribution in [0.25, 0.3) is 0 Å². The fourth-order valence-electron chi connectivity index (χ4n) is 5.79. The monoisotopic (exact) mass is 375 g/mol. The number of carbonyl (C=O) groups is 2. The van der Waals surface area contributed by atoms with E-state index in [2.05, 4.69) is 5.32 Å². The maximum atomic E-state index is 12.9. The van der Waals surface area contributed by atoms with Gasteiger partial charge in [0.15, 0.2) is 6.61 Å². The fourth-order valence-corrected chi connectivity index (χ4v) is 5.79. The van der Waals surface area contributed by atoms with Gasteiger partial charge in [0.05, 0.1) is 11.0 Å². The first kappa shape index (κ1) is 18.4. The molecule has 27 heavy (non-hydrogen) atoms. The first-order chi connectivity index (χ1) is 12.9. The number of halogens is 1. The van der Waals surface area contributed by atoms with Crippen LogP contribution in [-0.2, 0) is 20.7 Å². The quantitative estimate of drug-likeness (QED) is 0.749. The van der Waals surface area contributed by atoms with Crippen LogP contribution >= 0.6 is 0 Å². The molecule has 4 fully saturated rings. The summed E-state index contributed by atoms with van der Waals surface area (Å²) in [5.41, 5.74) is -0.399. The molecule has 1 aromatic rings. The number of nitrogens with one attached hydrogen (secondary N) is 1. The Morgan fingerprint density at radius 1 is 1.15 bits per heavy atom. The van der Waals surface area contributed by atoms with Gasteiger partial charge in [0, 0.05) is 6.54 Å². The molecule has 5 rings (SSSR count). The first-order valence-corrected chi connectivity index (χ1v) is 9.77. The Bertz CT molecular complexity index is 718. The number of amides is 1. The van der Waals surface area contributed by atoms with E-state index in [1.165, 1.54) is 12.1 Å². The number of aliphatic hydroxyl groups is 1. The summed E-state index contributed by atoms with van der Waals surface area (Å²) in [5, 5.41) is 13.4. The van der Waals surface area contributed by atoms with E-state index in [-0.39, 0.29) is 24.3 Å². The third-order valence-electron chi connectivity index (χ3n) is 6.45. The van der Waals surface area contributed by atoms with Crippen LogP contribution in [0.1, 0.15) is 44.1 Å². The van der Waals surface area contributed by atoms with Gasteiger partial charge in [-0.1, -0.05) is 12.1 Å². The Hall–Kier alpha value is -1.95. The van der Waals surface area contributed by atoms with E-state index in [1.54, 1.807) is 12.1 Å². The molecule has 4 bridgehead atoms. The average Bonchev–Trinajstić information content (AvgIpc) is 2.59. The van der Waals surface area contributed by atoms with Crippen molar-refractivity contribution in [1.29, 1.82) is 0 Å². The molecule has 0 aromatic heterocycles. The molecule has 0 saturated heterocycles. The van der Waals surface area contributed by atoms with E-state index in [1.807, 2.05) is 0 Å². The lowest BCUT2D eigenvalue weighted by Crippen LogP contribution is -2.58. The van der Waals surface area contributed by atoms with Gasteiger partial charge < -0.3 is 15.2 Å². The zero-order chi connectivity index (χ0) is 19.1. The Labute approximate surface area is 158 Å². The van der Waals surface area contributed by atoms with Gasteiger partial charge in [-0.2, -0.15) is 0 Å². The minimum Gasteiger partial charge on any atom is -0.455 e. The topological polar surface area (TPSA) is 75.6 Å². The molecule has 5 nitrogen and oxygen atoms in total. The van der Waals surface area contributed by atoms with E-state index < -0.39 is 11.0 Å². The van der Waals surface area contributed by atoms with Crippen molar-refractivity contribution in [2.75, 3.05) is 13.2 Å².